The zero-order valence-electron chi connectivity index (χ0n) is 11.0. The van der Waals surface area contributed by atoms with Crippen molar-refractivity contribution in [2.24, 2.45) is 0 Å². The molecule has 18 heavy (non-hydrogen) atoms. The first kappa shape index (κ1) is 13.3. The normalized spacial score (nSPS) is 10.8. The Hall–Kier alpha value is -1.13. The van der Waals surface area contributed by atoms with Crippen LogP contribution in [0.4, 0.5) is 0 Å². The van der Waals surface area contributed by atoms with Gasteiger partial charge in [0, 0.05) is 0 Å². The Balaban J connectivity index is 2.00. The van der Waals surface area contributed by atoms with E-state index in [1.54, 1.807) is 0 Å². The molecule has 0 amide bonds. The van der Waals surface area contributed by atoms with Gasteiger partial charge in [0.1, 0.15) is 0 Å². The van der Waals surface area contributed by atoms with E-state index >= 15 is 0 Å². The predicted molar refractivity (Wildman–Crippen MR) is 82.4 cm³/mol. The molecule has 0 atom stereocenters. The van der Waals surface area contributed by atoms with Crippen LogP contribution in [0.2, 0.25) is 0 Å². The van der Waals surface area contributed by atoms with E-state index in [4.69, 9.17) is 0 Å². The molecule has 0 aliphatic rings. The summed E-state index contributed by atoms with van der Waals surface area (Å²) in [6.07, 6.45) is 5.20. The molecule has 0 nitrogen and oxygen atoms in total. The topological polar surface area (TPSA) is 0 Å². The third-order valence-corrected chi connectivity index (χ3v) is 5.74. The van der Waals surface area contributed by atoms with Gasteiger partial charge >= 0.3 is 0 Å². The molecule has 94 valence electrons. The maximum absolute atomic E-state index is 2.30. The zero-order valence-corrected chi connectivity index (χ0v) is 11.9. The average molecular weight is 256 g/mol. The lowest BCUT2D eigenvalue weighted by molar-refractivity contribution is 1.08. The van der Waals surface area contributed by atoms with Crippen LogP contribution < -0.4 is 0 Å². The van der Waals surface area contributed by atoms with Gasteiger partial charge in [-0.1, -0.05) is 81.9 Å². The minimum Gasteiger partial charge on any atom is -0.0977 e. The van der Waals surface area contributed by atoms with Crippen molar-refractivity contribution in [1.29, 1.82) is 0 Å². The van der Waals surface area contributed by atoms with E-state index < -0.39 is 0 Å². The van der Waals surface area contributed by atoms with Gasteiger partial charge in [0.2, 0.25) is 0 Å². The molecule has 0 aliphatic carbocycles. The maximum atomic E-state index is 2.30. The summed E-state index contributed by atoms with van der Waals surface area (Å²) in [5.41, 5.74) is 2.99. The summed E-state index contributed by atoms with van der Waals surface area (Å²) >= 11 is 0. The Morgan fingerprint density at radius 2 is 1.17 bits per heavy atom. The van der Waals surface area contributed by atoms with Crippen molar-refractivity contribution >= 4 is 7.92 Å². The van der Waals surface area contributed by atoms with Crippen LogP contribution in [0.15, 0.2) is 60.7 Å². The molecule has 0 fully saturated rings. The zero-order chi connectivity index (χ0) is 12.6. The Bertz CT molecular complexity index is 394. The monoisotopic (exact) mass is 256 g/mol. The van der Waals surface area contributed by atoms with Gasteiger partial charge in [-0.3, -0.25) is 0 Å². The van der Waals surface area contributed by atoms with Crippen molar-refractivity contribution in [3.8, 4) is 0 Å². The minimum atomic E-state index is 0.0867. The Labute approximate surface area is 112 Å². The highest BCUT2D eigenvalue weighted by Gasteiger charge is 2.08. The van der Waals surface area contributed by atoms with Gasteiger partial charge in [-0.05, 0) is 29.6 Å². The number of rotatable bonds is 6. The Morgan fingerprint density at radius 1 is 0.722 bits per heavy atom. The van der Waals surface area contributed by atoms with Crippen molar-refractivity contribution in [2.75, 3.05) is 6.16 Å². The fraction of sp³-hybridized carbons (Fsp3) is 0.294. The molecule has 0 unspecified atom stereocenters. The fourth-order valence-electron chi connectivity index (χ4n) is 2.21. The second-order valence-electron chi connectivity index (χ2n) is 4.68. The highest BCUT2D eigenvalue weighted by molar-refractivity contribution is 7.56. The molecule has 2 aromatic rings. The van der Waals surface area contributed by atoms with Crippen molar-refractivity contribution < 1.29 is 0 Å². The predicted octanol–water partition coefficient (Wildman–Crippen LogP) is 5.28. The summed E-state index contributed by atoms with van der Waals surface area (Å²) in [7, 11) is 0.0867. The lowest BCUT2D eigenvalue weighted by atomic mass is 10.2. The fourth-order valence-corrected chi connectivity index (χ4v) is 4.73. The second kappa shape index (κ2) is 7.34. The second-order valence-corrected chi connectivity index (χ2v) is 7.10. The molecule has 0 N–H and O–H groups in total. The molecular formula is C17H21P. The molecule has 0 saturated carbocycles. The molecule has 0 saturated heterocycles. The minimum absolute atomic E-state index is 0.0867. The van der Waals surface area contributed by atoms with Gasteiger partial charge in [-0.2, -0.15) is 0 Å². The summed E-state index contributed by atoms with van der Waals surface area (Å²) < 4.78 is 0. The van der Waals surface area contributed by atoms with Crippen molar-refractivity contribution in [1.82, 2.24) is 0 Å². The lowest BCUT2D eigenvalue weighted by Crippen LogP contribution is -1.92. The van der Waals surface area contributed by atoms with Crippen LogP contribution in [0.5, 0.6) is 0 Å². The van der Waals surface area contributed by atoms with E-state index in [9.17, 15) is 0 Å². The largest absolute Gasteiger partial charge is 0.0977 e. The van der Waals surface area contributed by atoms with E-state index in [2.05, 4.69) is 67.6 Å². The number of benzene rings is 2. The summed E-state index contributed by atoms with van der Waals surface area (Å²) in [4.78, 5) is 0. The summed E-state index contributed by atoms with van der Waals surface area (Å²) in [5, 5.41) is 0. The van der Waals surface area contributed by atoms with Gasteiger partial charge in [-0.15, -0.1) is 0 Å². The molecule has 1 heteroatoms. The third-order valence-electron chi connectivity index (χ3n) is 3.04. The molecule has 0 radical (unpaired) electrons. The Morgan fingerprint density at radius 3 is 1.56 bits per heavy atom. The third kappa shape index (κ3) is 4.27. The van der Waals surface area contributed by atoms with Gasteiger partial charge < -0.3 is 0 Å². The maximum Gasteiger partial charge on any atom is -0.00701 e. The van der Waals surface area contributed by atoms with E-state index in [0.29, 0.717) is 0 Å². The molecule has 0 spiro atoms. The van der Waals surface area contributed by atoms with Crippen molar-refractivity contribution in [3.63, 3.8) is 0 Å². The summed E-state index contributed by atoms with van der Waals surface area (Å²) in [5.74, 6) is 0. The van der Waals surface area contributed by atoms with Crippen LogP contribution in [0.3, 0.4) is 0 Å². The van der Waals surface area contributed by atoms with E-state index in [1.807, 2.05) is 0 Å². The molecular weight excluding hydrogens is 235 g/mol. The SMILES string of the molecule is CCCP(Cc1ccccc1)Cc1ccccc1. The first-order valence-electron chi connectivity index (χ1n) is 6.68. The lowest BCUT2D eigenvalue weighted by Gasteiger charge is -2.17. The number of hydrogen-bond donors (Lipinski definition) is 0. The first-order valence-corrected chi connectivity index (χ1v) is 8.58. The molecule has 0 bridgehead atoms. The van der Waals surface area contributed by atoms with Crippen LogP contribution in [0.1, 0.15) is 24.5 Å². The Kier molecular flexibility index (Phi) is 5.42. The quantitative estimate of drug-likeness (QED) is 0.617. The van der Waals surface area contributed by atoms with E-state index in [0.717, 1.165) is 0 Å². The van der Waals surface area contributed by atoms with Crippen LogP contribution in [-0.2, 0) is 12.3 Å². The first-order chi connectivity index (χ1) is 8.88. The number of hydrogen-bond acceptors (Lipinski definition) is 0. The van der Waals surface area contributed by atoms with Crippen molar-refractivity contribution in [3.05, 3.63) is 71.8 Å². The summed E-state index contributed by atoms with van der Waals surface area (Å²) in [6.45, 7) is 2.30. The van der Waals surface area contributed by atoms with Crippen molar-refractivity contribution in [2.45, 2.75) is 25.7 Å². The standard InChI is InChI=1S/C17H21P/c1-2-13-18(14-16-9-5-3-6-10-16)15-17-11-7-4-8-12-17/h3-12H,2,13-15H2,1H3. The van der Waals surface area contributed by atoms with Gasteiger partial charge in [-0.25, -0.2) is 0 Å². The average Bonchev–Trinajstić information content (AvgIpc) is 2.41. The van der Waals surface area contributed by atoms with Crippen LogP contribution >= 0.6 is 7.92 Å². The summed E-state index contributed by atoms with van der Waals surface area (Å²) in [6, 6.07) is 21.8. The molecule has 0 heterocycles. The van der Waals surface area contributed by atoms with Gasteiger partial charge in [0.25, 0.3) is 0 Å². The highest BCUT2D eigenvalue weighted by atomic mass is 31.1. The van der Waals surface area contributed by atoms with E-state index in [-0.39, 0.29) is 7.92 Å². The van der Waals surface area contributed by atoms with Crippen LogP contribution in [-0.4, -0.2) is 6.16 Å². The van der Waals surface area contributed by atoms with Gasteiger partial charge in [0.15, 0.2) is 0 Å². The molecule has 2 aromatic carbocycles. The van der Waals surface area contributed by atoms with Crippen LogP contribution in [0.25, 0.3) is 0 Å². The highest BCUT2D eigenvalue weighted by Crippen LogP contribution is 2.43. The molecule has 2 rings (SSSR count). The smallest absolute Gasteiger partial charge is 0.00701 e. The van der Waals surface area contributed by atoms with Crippen LogP contribution in [0, 0.1) is 0 Å². The van der Waals surface area contributed by atoms with E-state index in [1.165, 1.54) is 36.0 Å². The molecule has 0 aliphatic heterocycles. The molecule has 0 aromatic heterocycles. The van der Waals surface area contributed by atoms with Gasteiger partial charge in [0.05, 0.1) is 0 Å².